The van der Waals surface area contributed by atoms with Gasteiger partial charge in [-0.05, 0) is 25.5 Å². The molecule has 4 nitrogen and oxygen atoms in total. The molecule has 0 aromatic heterocycles. The lowest BCUT2D eigenvalue weighted by atomic mass is 10.2. The molecule has 0 saturated carbocycles. The molecule has 0 spiro atoms. The highest BCUT2D eigenvalue weighted by molar-refractivity contribution is 5.71. The van der Waals surface area contributed by atoms with Crippen molar-refractivity contribution in [3.8, 4) is 5.75 Å². The molecule has 0 heterocycles. The van der Waals surface area contributed by atoms with Gasteiger partial charge in [0.1, 0.15) is 5.75 Å². The summed E-state index contributed by atoms with van der Waals surface area (Å²) in [6, 6.07) is 5.32. The number of nitrogens with two attached hydrogens (primary N) is 1. The van der Waals surface area contributed by atoms with Gasteiger partial charge in [0, 0.05) is 11.8 Å². The summed E-state index contributed by atoms with van der Waals surface area (Å²) in [6.07, 6.45) is 0. The van der Waals surface area contributed by atoms with Crippen LogP contribution in [0.4, 0.5) is 5.69 Å². The highest BCUT2D eigenvalue weighted by atomic mass is 16.6. The molecule has 0 aliphatic heterocycles. The highest BCUT2D eigenvalue weighted by Crippen LogP contribution is 2.20. The molecule has 0 amide bonds. The van der Waals surface area contributed by atoms with Gasteiger partial charge in [-0.15, -0.1) is 0 Å². The van der Waals surface area contributed by atoms with E-state index in [2.05, 4.69) is 0 Å². The van der Waals surface area contributed by atoms with E-state index in [-0.39, 0.29) is 12.6 Å². The maximum atomic E-state index is 11.0. The first-order valence-electron chi connectivity index (χ1n) is 4.78. The predicted octanol–water partition coefficient (Wildman–Crippen LogP) is 1.52. The summed E-state index contributed by atoms with van der Waals surface area (Å²) in [7, 11) is 0. The lowest BCUT2D eigenvalue weighted by Crippen LogP contribution is -2.15. The first kappa shape index (κ1) is 11.4. The summed E-state index contributed by atoms with van der Waals surface area (Å²) in [4.78, 5) is 11.0. The number of esters is 1. The number of rotatable bonds is 4. The Labute approximate surface area is 89.0 Å². The molecule has 0 unspecified atom stereocenters. The monoisotopic (exact) mass is 209 g/mol. The predicted molar refractivity (Wildman–Crippen MR) is 57.7 cm³/mol. The van der Waals surface area contributed by atoms with Crippen LogP contribution in [0.3, 0.4) is 0 Å². The van der Waals surface area contributed by atoms with Gasteiger partial charge in [-0.3, -0.25) is 0 Å². The van der Waals surface area contributed by atoms with E-state index in [0.717, 1.165) is 5.56 Å². The van der Waals surface area contributed by atoms with Gasteiger partial charge in [-0.1, -0.05) is 6.07 Å². The molecule has 0 atom stereocenters. The highest BCUT2D eigenvalue weighted by Gasteiger charge is 2.05. The number of benzene rings is 1. The third-order valence-electron chi connectivity index (χ3n) is 1.86. The van der Waals surface area contributed by atoms with Gasteiger partial charge in [-0.25, -0.2) is 4.79 Å². The number of carbonyl (C=O) groups is 1. The van der Waals surface area contributed by atoms with Crippen molar-refractivity contribution < 1.29 is 14.3 Å². The SMILES string of the molecule is CCOC(=O)COc1cc(N)ccc1C. The lowest BCUT2D eigenvalue weighted by Gasteiger charge is -2.08. The van der Waals surface area contributed by atoms with E-state index in [1.54, 1.807) is 19.1 Å². The van der Waals surface area contributed by atoms with Crippen LogP contribution >= 0.6 is 0 Å². The number of aryl methyl sites for hydroxylation is 1. The van der Waals surface area contributed by atoms with Gasteiger partial charge in [-0.2, -0.15) is 0 Å². The fourth-order valence-electron chi connectivity index (χ4n) is 1.11. The van der Waals surface area contributed by atoms with Crippen molar-refractivity contribution in [3.63, 3.8) is 0 Å². The van der Waals surface area contributed by atoms with E-state index in [1.165, 1.54) is 0 Å². The standard InChI is InChI=1S/C11H15NO3/c1-3-14-11(13)7-15-10-6-9(12)5-4-8(10)2/h4-6H,3,7,12H2,1-2H3. The van der Waals surface area contributed by atoms with Crippen molar-refractivity contribution in [2.45, 2.75) is 13.8 Å². The summed E-state index contributed by atoms with van der Waals surface area (Å²) < 4.78 is 10.0. The van der Waals surface area contributed by atoms with Gasteiger partial charge in [0.2, 0.25) is 0 Å². The minimum Gasteiger partial charge on any atom is -0.482 e. The van der Waals surface area contributed by atoms with Crippen LogP contribution in [0.15, 0.2) is 18.2 Å². The molecule has 4 heteroatoms. The third-order valence-corrected chi connectivity index (χ3v) is 1.86. The summed E-state index contributed by atoms with van der Waals surface area (Å²) in [5, 5.41) is 0. The zero-order chi connectivity index (χ0) is 11.3. The van der Waals surface area contributed by atoms with Gasteiger partial charge < -0.3 is 15.2 Å². The molecule has 82 valence electrons. The maximum Gasteiger partial charge on any atom is 0.344 e. The number of hydrogen-bond donors (Lipinski definition) is 1. The van der Waals surface area contributed by atoms with Gasteiger partial charge in [0.15, 0.2) is 6.61 Å². The van der Waals surface area contributed by atoms with Crippen molar-refractivity contribution in [2.75, 3.05) is 18.9 Å². The lowest BCUT2D eigenvalue weighted by molar-refractivity contribution is -0.145. The summed E-state index contributed by atoms with van der Waals surface area (Å²) in [5.74, 6) is 0.238. The second-order valence-corrected chi connectivity index (χ2v) is 3.12. The Morgan fingerprint density at radius 2 is 2.20 bits per heavy atom. The molecule has 0 radical (unpaired) electrons. The Hall–Kier alpha value is -1.71. The first-order chi connectivity index (χ1) is 7.13. The molecule has 1 aromatic rings. The molecule has 0 bridgehead atoms. The second kappa shape index (κ2) is 5.24. The first-order valence-corrected chi connectivity index (χ1v) is 4.78. The zero-order valence-electron chi connectivity index (χ0n) is 8.95. The Morgan fingerprint density at radius 1 is 1.47 bits per heavy atom. The van der Waals surface area contributed by atoms with Crippen LogP contribution in [-0.2, 0) is 9.53 Å². The van der Waals surface area contributed by atoms with E-state index < -0.39 is 0 Å². The smallest absolute Gasteiger partial charge is 0.344 e. The fourth-order valence-corrected chi connectivity index (χ4v) is 1.11. The normalized spacial score (nSPS) is 9.73. The molecule has 0 fully saturated rings. The van der Waals surface area contributed by atoms with Crippen molar-refractivity contribution in [2.24, 2.45) is 0 Å². The topological polar surface area (TPSA) is 61.5 Å². The summed E-state index contributed by atoms with van der Waals surface area (Å²) in [5.41, 5.74) is 7.15. The van der Waals surface area contributed by atoms with Crippen LogP contribution < -0.4 is 10.5 Å². The molecule has 2 N–H and O–H groups in total. The maximum absolute atomic E-state index is 11.0. The number of nitrogen functional groups attached to an aromatic ring is 1. The fraction of sp³-hybridized carbons (Fsp3) is 0.364. The average Bonchev–Trinajstić information content (AvgIpc) is 2.20. The average molecular weight is 209 g/mol. The van der Waals surface area contributed by atoms with Crippen molar-refractivity contribution in [1.82, 2.24) is 0 Å². The molecule has 1 rings (SSSR count). The van der Waals surface area contributed by atoms with Crippen LogP contribution in [0.2, 0.25) is 0 Å². The Kier molecular flexibility index (Phi) is 3.97. The van der Waals surface area contributed by atoms with Crippen molar-refractivity contribution >= 4 is 11.7 Å². The molecule has 15 heavy (non-hydrogen) atoms. The van der Waals surface area contributed by atoms with Crippen molar-refractivity contribution in [1.29, 1.82) is 0 Å². The van der Waals surface area contributed by atoms with E-state index >= 15 is 0 Å². The summed E-state index contributed by atoms with van der Waals surface area (Å²) in [6.45, 7) is 3.92. The van der Waals surface area contributed by atoms with E-state index in [9.17, 15) is 4.79 Å². The van der Waals surface area contributed by atoms with Gasteiger partial charge >= 0.3 is 5.97 Å². The van der Waals surface area contributed by atoms with Gasteiger partial charge in [0.05, 0.1) is 6.61 Å². The van der Waals surface area contributed by atoms with E-state index in [4.69, 9.17) is 15.2 Å². The van der Waals surface area contributed by atoms with E-state index in [0.29, 0.717) is 18.0 Å². The molecular formula is C11H15NO3. The summed E-state index contributed by atoms with van der Waals surface area (Å²) >= 11 is 0. The van der Waals surface area contributed by atoms with Crippen LogP contribution in [-0.4, -0.2) is 19.2 Å². The molecule has 0 aliphatic carbocycles. The Bertz CT molecular complexity index is 350. The van der Waals surface area contributed by atoms with Crippen molar-refractivity contribution in [3.05, 3.63) is 23.8 Å². The van der Waals surface area contributed by atoms with E-state index in [1.807, 2.05) is 13.0 Å². The quantitative estimate of drug-likeness (QED) is 0.603. The number of hydrogen-bond acceptors (Lipinski definition) is 4. The van der Waals surface area contributed by atoms with Crippen LogP contribution in [0.1, 0.15) is 12.5 Å². The zero-order valence-corrected chi connectivity index (χ0v) is 8.95. The number of anilines is 1. The minimum absolute atomic E-state index is 0.0852. The van der Waals surface area contributed by atoms with Crippen LogP contribution in [0, 0.1) is 6.92 Å². The van der Waals surface area contributed by atoms with Crippen LogP contribution in [0.5, 0.6) is 5.75 Å². The third kappa shape index (κ3) is 3.50. The largest absolute Gasteiger partial charge is 0.482 e. The molecule has 0 saturated heterocycles. The molecular weight excluding hydrogens is 194 g/mol. The molecule has 0 aliphatic rings. The minimum atomic E-state index is -0.376. The Balaban J connectivity index is 2.57. The van der Waals surface area contributed by atoms with Gasteiger partial charge in [0.25, 0.3) is 0 Å². The van der Waals surface area contributed by atoms with Crippen LogP contribution in [0.25, 0.3) is 0 Å². The second-order valence-electron chi connectivity index (χ2n) is 3.12. The molecule has 1 aromatic carbocycles. The number of ether oxygens (including phenoxy) is 2. The number of carbonyl (C=O) groups excluding carboxylic acids is 1. The Morgan fingerprint density at radius 3 is 2.87 bits per heavy atom.